The average Bonchev–Trinajstić information content (AvgIpc) is 2.75. The summed E-state index contributed by atoms with van der Waals surface area (Å²) in [6.07, 6.45) is 0.479. The van der Waals surface area contributed by atoms with Crippen LogP contribution < -0.4 is 20.7 Å². The molecule has 1 aromatic carbocycles. The lowest BCUT2D eigenvalue weighted by atomic mass is 10.0. The van der Waals surface area contributed by atoms with E-state index in [0.29, 0.717) is 19.3 Å². The van der Waals surface area contributed by atoms with E-state index in [9.17, 15) is 19.2 Å². The normalized spacial score (nSPS) is 22.8. The molecule has 1 aliphatic heterocycles. The molecule has 2 rings (SSSR count). The number of esters is 1. The third kappa shape index (κ3) is 6.83. The molecule has 3 N–H and O–H groups in total. The van der Waals surface area contributed by atoms with Crippen LogP contribution in [0.25, 0.3) is 0 Å². The van der Waals surface area contributed by atoms with Crippen molar-refractivity contribution in [3.8, 4) is 5.75 Å². The zero-order chi connectivity index (χ0) is 23.8. The van der Waals surface area contributed by atoms with Crippen molar-refractivity contribution in [2.45, 2.75) is 58.2 Å². The van der Waals surface area contributed by atoms with Gasteiger partial charge in [-0.1, -0.05) is 32.6 Å². The minimum absolute atomic E-state index is 0.218. The topological polar surface area (TPSA) is 123 Å². The van der Waals surface area contributed by atoms with E-state index in [-0.39, 0.29) is 11.6 Å². The van der Waals surface area contributed by atoms with Crippen LogP contribution >= 0.6 is 0 Å². The van der Waals surface area contributed by atoms with Crippen LogP contribution in [0, 0.1) is 5.92 Å². The molecular formula is C23H31N3O6. The quantitative estimate of drug-likeness (QED) is 0.447. The number of benzene rings is 1. The van der Waals surface area contributed by atoms with Gasteiger partial charge in [-0.15, -0.1) is 0 Å². The number of carbonyl (C=O) groups is 4. The molecule has 1 fully saturated rings. The van der Waals surface area contributed by atoms with Crippen molar-refractivity contribution in [2.75, 3.05) is 7.11 Å². The van der Waals surface area contributed by atoms with Crippen LogP contribution in [-0.4, -0.2) is 49.0 Å². The average molecular weight is 446 g/mol. The minimum Gasteiger partial charge on any atom is -0.497 e. The Labute approximate surface area is 187 Å². The number of hydrogen-bond donors (Lipinski definition) is 3. The van der Waals surface area contributed by atoms with Crippen LogP contribution in [0.2, 0.25) is 0 Å². The summed E-state index contributed by atoms with van der Waals surface area (Å²) >= 11 is 0. The first-order valence-electron chi connectivity index (χ1n) is 10.6. The van der Waals surface area contributed by atoms with Crippen molar-refractivity contribution in [2.24, 2.45) is 5.92 Å². The van der Waals surface area contributed by atoms with Gasteiger partial charge in [-0.3, -0.25) is 14.4 Å². The van der Waals surface area contributed by atoms with Crippen molar-refractivity contribution in [1.82, 2.24) is 16.0 Å². The molecule has 32 heavy (non-hydrogen) atoms. The van der Waals surface area contributed by atoms with Gasteiger partial charge in [0.15, 0.2) is 6.10 Å². The molecule has 1 heterocycles. The van der Waals surface area contributed by atoms with Gasteiger partial charge in [0.2, 0.25) is 5.91 Å². The van der Waals surface area contributed by atoms with Gasteiger partial charge in [0.1, 0.15) is 17.8 Å². The first-order chi connectivity index (χ1) is 15.1. The van der Waals surface area contributed by atoms with E-state index >= 15 is 0 Å². The molecule has 9 heteroatoms. The Hall–Kier alpha value is -3.36. The van der Waals surface area contributed by atoms with E-state index in [0.717, 1.165) is 11.3 Å². The highest BCUT2D eigenvalue weighted by Gasteiger charge is 2.33. The van der Waals surface area contributed by atoms with E-state index in [4.69, 9.17) is 9.47 Å². The van der Waals surface area contributed by atoms with Crippen LogP contribution in [0.1, 0.15) is 39.2 Å². The summed E-state index contributed by atoms with van der Waals surface area (Å²) in [6, 6.07) is 5.63. The molecule has 9 nitrogen and oxygen atoms in total. The summed E-state index contributed by atoms with van der Waals surface area (Å²) < 4.78 is 10.5. The smallest absolute Gasteiger partial charge is 0.329 e. The van der Waals surface area contributed by atoms with Crippen molar-refractivity contribution in [3.05, 3.63) is 42.1 Å². The number of hydrogen-bond acceptors (Lipinski definition) is 6. The molecule has 0 radical (unpaired) electrons. The van der Waals surface area contributed by atoms with E-state index in [1.165, 1.54) is 6.92 Å². The molecule has 0 spiro atoms. The molecule has 0 bridgehead atoms. The van der Waals surface area contributed by atoms with Gasteiger partial charge in [0.25, 0.3) is 11.8 Å². The van der Waals surface area contributed by atoms with Crippen LogP contribution in [0.15, 0.2) is 36.5 Å². The van der Waals surface area contributed by atoms with Crippen LogP contribution in [0.3, 0.4) is 0 Å². The van der Waals surface area contributed by atoms with E-state index < -0.39 is 41.9 Å². The Morgan fingerprint density at radius 2 is 1.72 bits per heavy atom. The molecule has 0 aromatic heterocycles. The molecule has 174 valence electrons. The standard InChI is InChI=1S/C23H31N3O6/c1-13(2)19-22(29)26-18(8-6-7-16-9-11-17(31-5)12-10-16)21(28)24-14(3)20(27)25-15(4)23(30)32-19/h9-13,15,18-19H,3,6-8H2,1-2,4-5H3,(H,24,28)(H,25,27)(H,26,29)/t15-,18+,19+/m0/s1. The lowest BCUT2D eigenvalue weighted by molar-refractivity contribution is -0.161. The summed E-state index contributed by atoms with van der Waals surface area (Å²) in [4.78, 5) is 50.2. The second kappa shape index (κ2) is 11.3. The van der Waals surface area contributed by atoms with Gasteiger partial charge in [-0.2, -0.15) is 0 Å². The monoisotopic (exact) mass is 445 g/mol. The molecule has 0 unspecified atom stereocenters. The zero-order valence-corrected chi connectivity index (χ0v) is 18.9. The lowest BCUT2D eigenvalue weighted by Gasteiger charge is -2.27. The Kier molecular flexibility index (Phi) is 8.80. The summed E-state index contributed by atoms with van der Waals surface area (Å²) in [5.74, 6) is -2.16. The van der Waals surface area contributed by atoms with Crippen molar-refractivity contribution in [1.29, 1.82) is 0 Å². The van der Waals surface area contributed by atoms with Gasteiger partial charge in [0, 0.05) is 0 Å². The van der Waals surface area contributed by atoms with E-state index in [1.54, 1.807) is 21.0 Å². The summed E-state index contributed by atoms with van der Waals surface area (Å²) in [7, 11) is 1.59. The number of cyclic esters (lactones) is 1. The zero-order valence-electron chi connectivity index (χ0n) is 18.9. The minimum atomic E-state index is -1.10. The van der Waals surface area contributed by atoms with Gasteiger partial charge < -0.3 is 25.4 Å². The van der Waals surface area contributed by atoms with Crippen LogP contribution in [0.4, 0.5) is 0 Å². The van der Waals surface area contributed by atoms with Crippen molar-refractivity contribution < 1.29 is 28.7 Å². The number of amides is 3. The molecule has 1 aliphatic rings. The number of methoxy groups -OCH3 is 1. The largest absolute Gasteiger partial charge is 0.497 e. The van der Waals surface area contributed by atoms with Gasteiger partial charge in [0.05, 0.1) is 12.8 Å². The fourth-order valence-corrected chi connectivity index (χ4v) is 3.18. The van der Waals surface area contributed by atoms with E-state index in [1.807, 2.05) is 24.3 Å². The molecule has 3 atom stereocenters. The molecular weight excluding hydrogens is 414 g/mol. The molecule has 3 amide bonds. The number of ether oxygens (including phenoxy) is 2. The molecule has 1 aromatic rings. The fraction of sp³-hybridized carbons (Fsp3) is 0.478. The highest BCUT2D eigenvalue weighted by molar-refractivity contribution is 6.01. The Morgan fingerprint density at radius 1 is 1.06 bits per heavy atom. The van der Waals surface area contributed by atoms with E-state index in [2.05, 4.69) is 22.5 Å². The predicted octanol–water partition coefficient (Wildman–Crippen LogP) is 1.22. The molecule has 0 saturated carbocycles. The Morgan fingerprint density at radius 3 is 2.31 bits per heavy atom. The van der Waals surface area contributed by atoms with Crippen LogP contribution in [-0.2, 0) is 30.3 Å². The maximum absolute atomic E-state index is 12.8. The first kappa shape index (κ1) is 24.9. The molecule has 0 aliphatic carbocycles. The summed E-state index contributed by atoms with van der Waals surface area (Å²) in [5, 5.41) is 7.51. The maximum atomic E-state index is 12.8. The highest BCUT2D eigenvalue weighted by Crippen LogP contribution is 2.15. The number of aryl methyl sites for hydroxylation is 1. The summed E-state index contributed by atoms with van der Waals surface area (Å²) in [5.41, 5.74) is 0.836. The van der Waals surface area contributed by atoms with Crippen LogP contribution in [0.5, 0.6) is 5.75 Å². The van der Waals surface area contributed by atoms with Gasteiger partial charge in [-0.05, 0) is 49.8 Å². The Balaban J connectivity index is 2.16. The lowest BCUT2D eigenvalue weighted by Crippen LogP contribution is -2.54. The third-order valence-electron chi connectivity index (χ3n) is 5.11. The van der Waals surface area contributed by atoms with Crippen molar-refractivity contribution >= 4 is 23.7 Å². The summed E-state index contributed by atoms with van der Waals surface area (Å²) in [6.45, 7) is 8.44. The number of carbonyl (C=O) groups excluding carboxylic acids is 4. The van der Waals surface area contributed by atoms with Crippen molar-refractivity contribution in [3.63, 3.8) is 0 Å². The second-order valence-electron chi connectivity index (χ2n) is 8.07. The molecule has 1 saturated heterocycles. The number of nitrogens with one attached hydrogen (secondary N) is 3. The highest BCUT2D eigenvalue weighted by atomic mass is 16.5. The maximum Gasteiger partial charge on any atom is 0.329 e. The predicted molar refractivity (Wildman–Crippen MR) is 117 cm³/mol. The first-order valence-corrected chi connectivity index (χ1v) is 10.6. The Bertz CT molecular complexity index is 865. The number of rotatable bonds is 6. The SMILES string of the molecule is C=C1NC(=O)[C@@H](CCCc2ccc(OC)cc2)NC(=O)[C@@H](C(C)C)OC(=O)[C@H](C)NC1=O. The van der Waals surface area contributed by atoms with Gasteiger partial charge in [-0.25, -0.2) is 4.79 Å². The third-order valence-corrected chi connectivity index (χ3v) is 5.11. The fourth-order valence-electron chi connectivity index (χ4n) is 3.18. The van der Waals surface area contributed by atoms with Gasteiger partial charge >= 0.3 is 5.97 Å². The second-order valence-corrected chi connectivity index (χ2v) is 8.07.